The van der Waals surface area contributed by atoms with Crippen LogP contribution in [-0.2, 0) is 16.2 Å². The van der Waals surface area contributed by atoms with Crippen LogP contribution in [0.5, 0.6) is 5.75 Å². The van der Waals surface area contributed by atoms with Gasteiger partial charge in [0.2, 0.25) is 0 Å². The van der Waals surface area contributed by atoms with Gasteiger partial charge in [-0.05, 0) is 88.7 Å². The highest BCUT2D eigenvalue weighted by molar-refractivity contribution is 6.39. The van der Waals surface area contributed by atoms with E-state index in [1.165, 1.54) is 29.3 Å². The second kappa shape index (κ2) is 13.6. The van der Waals surface area contributed by atoms with Crippen LogP contribution in [0.15, 0.2) is 127 Å². The van der Waals surface area contributed by atoms with Crippen LogP contribution in [0.1, 0.15) is 58.1 Å². The third-order valence-electron chi connectivity index (χ3n) is 10.1. The number of nitrogens with zero attached hydrogens (tertiary/aromatic N) is 3. The number of nitro groups is 1. The van der Waals surface area contributed by atoms with Gasteiger partial charge < -0.3 is 9.64 Å². The molecule has 8 rings (SSSR count). The Morgan fingerprint density at radius 1 is 0.769 bits per heavy atom. The fourth-order valence-corrected chi connectivity index (χ4v) is 7.57. The molecule has 4 amide bonds. The summed E-state index contributed by atoms with van der Waals surface area (Å²) < 4.78 is 5.84. The average Bonchev–Trinajstić information content (AvgIpc) is 3.17. The molecule has 3 aliphatic heterocycles. The van der Waals surface area contributed by atoms with E-state index in [0.717, 1.165) is 53.2 Å². The van der Waals surface area contributed by atoms with Crippen molar-refractivity contribution in [3.05, 3.63) is 170 Å². The van der Waals surface area contributed by atoms with E-state index in [4.69, 9.17) is 4.74 Å². The Hall–Kier alpha value is -6.55. The molecule has 0 radical (unpaired) electrons. The Bertz CT molecular complexity index is 2150. The Morgan fingerprint density at radius 3 is 1.90 bits per heavy atom. The van der Waals surface area contributed by atoms with Crippen molar-refractivity contribution < 1.29 is 24.0 Å². The smallest absolute Gasteiger partial charge is 0.335 e. The molecule has 10 nitrogen and oxygen atoms in total. The Kier molecular flexibility index (Phi) is 8.56. The quantitative estimate of drug-likeness (QED) is 0.0766. The summed E-state index contributed by atoms with van der Waals surface area (Å²) in [6, 6.07) is 36.7. The SMILES string of the molecule is O=C1NC(=O)N(c2cc3c4c(c2)[C@H](c2ccccc2)CCN4CC[C@@H]3c2ccccc2)C(=O)/C1=C/c1ccc(OCc2ccc([N+](=O)[O-])cc2)cc1. The Labute approximate surface area is 300 Å². The Balaban J connectivity index is 1.12. The number of ether oxygens (including phenoxy) is 1. The summed E-state index contributed by atoms with van der Waals surface area (Å²) in [5, 5.41) is 13.3. The first kappa shape index (κ1) is 32.6. The molecule has 5 aromatic carbocycles. The van der Waals surface area contributed by atoms with E-state index in [0.29, 0.717) is 17.0 Å². The molecule has 1 fully saturated rings. The number of benzene rings is 5. The van der Waals surface area contributed by atoms with E-state index in [1.54, 1.807) is 36.4 Å². The first-order valence-corrected chi connectivity index (χ1v) is 17.2. The number of rotatable bonds is 8. The first-order chi connectivity index (χ1) is 25.3. The molecule has 0 bridgehead atoms. The van der Waals surface area contributed by atoms with Crippen LogP contribution in [0.4, 0.5) is 21.9 Å². The van der Waals surface area contributed by atoms with Crippen molar-refractivity contribution in [1.82, 2.24) is 5.32 Å². The number of nitrogens with one attached hydrogen (secondary N) is 1. The van der Waals surface area contributed by atoms with E-state index >= 15 is 0 Å². The molecule has 258 valence electrons. The summed E-state index contributed by atoms with van der Waals surface area (Å²) in [5.74, 6) is -0.785. The van der Waals surface area contributed by atoms with Gasteiger partial charge in [0.05, 0.1) is 10.6 Å². The van der Waals surface area contributed by atoms with E-state index in [-0.39, 0.29) is 29.7 Å². The van der Waals surface area contributed by atoms with E-state index in [9.17, 15) is 24.5 Å². The van der Waals surface area contributed by atoms with Gasteiger partial charge in [0, 0.05) is 42.7 Å². The van der Waals surface area contributed by atoms with Crippen LogP contribution in [0.25, 0.3) is 6.08 Å². The maximum absolute atomic E-state index is 14.2. The molecule has 1 N–H and O–H groups in total. The van der Waals surface area contributed by atoms with E-state index in [2.05, 4.69) is 34.5 Å². The largest absolute Gasteiger partial charge is 0.489 e. The van der Waals surface area contributed by atoms with Crippen LogP contribution in [-0.4, -0.2) is 35.9 Å². The number of carbonyl (C=O) groups is 3. The van der Waals surface area contributed by atoms with Crippen LogP contribution in [0, 0.1) is 10.1 Å². The fraction of sp³-hybridized carbons (Fsp3) is 0.167. The summed E-state index contributed by atoms with van der Waals surface area (Å²) in [7, 11) is 0. The van der Waals surface area contributed by atoms with Crippen LogP contribution < -0.4 is 19.9 Å². The summed E-state index contributed by atoms with van der Waals surface area (Å²) in [6.45, 7) is 2.02. The molecule has 0 saturated carbocycles. The van der Waals surface area contributed by atoms with Crippen LogP contribution in [0.3, 0.4) is 0 Å². The molecule has 3 heterocycles. The van der Waals surface area contributed by atoms with Crippen molar-refractivity contribution in [3.63, 3.8) is 0 Å². The number of anilines is 2. The van der Waals surface area contributed by atoms with Crippen LogP contribution >= 0.6 is 0 Å². The number of hydrogen-bond acceptors (Lipinski definition) is 7. The molecule has 5 aromatic rings. The fourth-order valence-electron chi connectivity index (χ4n) is 7.57. The second-order valence-electron chi connectivity index (χ2n) is 13.2. The lowest BCUT2D eigenvalue weighted by molar-refractivity contribution is -0.384. The van der Waals surface area contributed by atoms with Gasteiger partial charge in [-0.1, -0.05) is 72.8 Å². The first-order valence-electron chi connectivity index (χ1n) is 17.2. The van der Waals surface area contributed by atoms with Crippen molar-refractivity contribution in [3.8, 4) is 5.75 Å². The molecule has 0 unspecified atom stereocenters. The Morgan fingerprint density at radius 2 is 1.35 bits per heavy atom. The monoisotopic (exact) mass is 690 g/mol. The van der Waals surface area contributed by atoms with Crippen molar-refractivity contribution in [2.75, 3.05) is 22.9 Å². The maximum atomic E-state index is 14.2. The number of carbonyl (C=O) groups excluding carboxylic acids is 3. The maximum Gasteiger partial charge on any atom is 0.335 e. The number of amides is 4. The molecule has 0 aliphatic carbocycles. The minimum atomic E-state index is -0.787. The van der Waals surface area contributed by atoms with Gasteiger partial charge in [0.15, 0.2) is 0 Å². The summed E-state index contributed by atoms with van der Waals surface area (Å²) in [6.07, 6.45) is 3.27. The lowest BCUT2D eigenvalue weighted by atomic mass is 9.76. The van der Waals surface area contributed by atoms with Crippen molar-refractivity contribution in [1.29, 1.82) is 0 Å². The second-order valence-corrected chi connectivity index (χ2v) is 13.2. The highest BCUT2D eigenvalue weighted by Crippen LogP contribution is 2.50. The van der Waals surface area contributed by atoms with Gasteiger partial charge >= 0.3 is 6.03 Å². The summed E-state index contributed by atoms with van der Waals surface area (Å²) >= 11 is 0. The van der Waals surface area contributed by atoms with E-state index in [1.807, 2.05) is 48.5 Å². The van der Waals surface area contributed by atoms with Gasteiger partial charge in [-0.25, -0.2) is 9.69 Å². The number of nitro benzene ring substituents is 1. The molecule has 52 heavy (non-hydrogen) atoms. The average molecular weight is 691 g/mol. The summed E-state index contributed by atoms with van der Waals surface area (Å²) in [4.78, 5) is 54.9. The third kappa shape index (κ3) is 6.19. The highest BCUT2D eigenvalue weighted by atomic mass is 16.6. The highest BCUT2D eigenvalue weighted by Gasteiger charge is 2.40. The number of non-ortho nitro benzene ring substituents is 1. The standard InChI is InChI=1S/C42H34N4O6/c47-40-38(23-27-13-17-33(18-14-27)52-26-28-11-15-31(16-12-28)46(50)51)41(48)45(42(49)43-40)32-24-36-34(29-7-3-1-4-8-29)19-21-44-22-20-35(37(25-32)39(36)44)30-9-5-2-6-10-30/h1-18,23-25,34-35H,19-22,26H2,(H,43,47,49)/b38-23+/t34-,35+. The lowest BCUT2D eigenvalue weighted by Gasteiger charge is -2.44. The molecule has 2 atom stereocenters. The molecular formula is C42H34N4O6. The van der Waals surface area contributed by atoms with Crippen molar-refractivity contribution in [2.24, 2.45) is 0 Å². The van der Waals surface area contributed by atoms with Gasteiger partial charge in [0.1, 0.15) is 17.9 Å². The van der Waals surface area contributed by atoms with Gasteiger partial charge in [-0.2, -0.15) is 0 Å². The third-order valence-corrected chi connectivity index (χ3v) is 10.1. The number of urea groups is 1. The zero-order valence-electron chi connectivity index (χ0n) is 28.1. The van der Waals surface area contributed by atoms with Gasteiger partial charge in [0.25, 0.3) is 17.5 Å². The number of barbiturate groups is 1. The normalized spacial score (nSPS) is 18.9. The zero-order chi connectivity index (χ0) is 35.8. The van der Waals surface area contributed by atoms with Gasteiger partial charge in [-0.3, -0.25) is 25.0 Å². The van der Waals surface area contributed by atoms with Crippen LogP contribution in [0.2, 0.25) is 0 Å². The number of hydrogen-bond donors (Lipinski definition) is 1. The zero-order valence-corrected chi connectivity index (χ0v) is 28.1. The molecule has 1 saturated heterocycles. The molecule has 0 spiro atoms. The minimum absolute atomic E-state index is 0.00309. The number of imide groups is 2. The van der Waals surface area contributed by atoms with Crippen molar-refractivity contribution in [2.45, 2.75) is 31.3 Å². The van der Waals surface area contributed by atoms with E-state index < -0.39 is 22.8 Å². The molecular weight excluding hydrogens is 656 g/mol. The topological polar surface area (TPSA) is 122 Å². The van der Waals surface area contributed by atoms with Gasteiger partial charge in [-0.15, -0.1) is 0 Å². The lowest BCUT2D eigenvalue weighted by Crippen LogP contribution is -2.54. The van der Waals surface area contributed by atoms with Crippen molar-refractivity contribution >= 4 is 41.0 Å². The predicted molar refractivity (Wildman–Crippen MR) is 197 cm³/mol. The molecule has 3 aliphatic rings. The summed E-state index contributed by atoms with van der Waals surface area (Å²) in [5.41, 5.74) is 7.25. The molecule has 10 heteroatoms. The molecule has 0 aromatic heterocycles. The minimum Gasteiger partial charge on any atom is -0.489 e. The predicted octanol–water partition coefficient (Wildman–Crippen LogP) is 7.72.